The number of fused-ring (bicyclic) bond motifs is 3. The summed E-state index contributed by atoms with van der Waals surface area (Å²) in [6.07, 6.45) is 0. The van der Waals surface area contributed by atoms with E-state index in [-0.39, 0.29) is 44.4 Å². The molecule has 3 aromatic heterocycles. The van der Waals surface area contributed by atoms with Gasteiger partial charge in [0.1, 0.15) is 33.4 Å². The molecular weight excluding hydrogens is 969 g/mol. The summed E-state index contributed by atoms with van der Waals surface area (Å²) in [4.78, 5) is 67.9. The number of halogens is 3. The molecule has 0 fully saturated rings. The Hall–Kier alpha value is -6.87. The van der Waals surface area contributed by atoms with E-state index in [1.54, 1.807) is 103 Å². The second-order valence-corrected chi connectivity index (χ2v) is 15.6. The number of benzene rings is 5. The molecule has 5 aromatic carbocycles. The average molecular weight is 1010 g/mol. The lowest BCUT2D eigenvalue weighted by Gasteiger charge is -2.07. The highest BCUT2D eigenvalue weighted by atomic mass is 36.0. The molecule has 3 heterocycles. The zero-order chi connectivity index (χ0) is 47.8. The Morgan fingerprint density at radius 3 is 1.31 bits per heavy atom. The minimum absolute atomic E-state index is 0. The normalized spacial score (nSPS) is 9.71. The molecule has 0 unspecified atom stereocenters. The minimum atomic E-state index is -1.67. The van der Waals surface area contributed by atoms with E-state index in [2.05, 4.69) is 26.7 Å². The number of carboxylic acid groups (broad SMARTS) is 1. The van der Waals surface area contributed by atoms with Crippen molar-refractivity contribution in [3.05, 3.63) is 187 Å². The number of carboxylic acids is 1. The van der Waals surface area contributed by atoms with E-state index >= 15 is 0 Å². The third-order valence-corrected chi connectivity index (χ3v) is 8.47. The van der Waals surface area contributed by atoms with Crippen molar-refractivity contribution in [1.82, 2.24) is 0 Å². The average Bonchev–Trinajstić information content (AvgIpc) is 3.26. The highest BCUT2D eigenvalue weighted by molar-refractivity contribution is 8.26. The van der Waals surface area contributed by atoms with Crippen LogP contribution in [0.3, 0.4) is 0 Å². The van der Waals surface area contributed by atoms with Crippen molar-refractivity contribution in [2.24, 2.45) is 0 Å². The maximum Gasteiger partial charge on any atom is 0.488 e. The number of anilines is 2. The fourth-order valence-corrected chi connectivity index (χ4v) is 5.46. The minimum Gasteiger partial charge on any atom is -0.477 e. The van der Waals surface area contributed by atoms with Crippen LogP contribution in [0.5, 0.6) is 0 Å². The molecule has 0 saturated carbocycles. The van der Waals surface area contributed by atoms with Crippen molar-refractivity contribution in [1.29, 1.82) is 0 Å². The highest BCUT2D eigenvalue weighted by Gasteiger charge is 2.17. The number of para-hydroxylation sites is 3. The maximum atomic E-state index is 12.3. The predicted octanol–water partition coefficient (Wildman–Crippen LogP) is 6.29. The summed E-state index contributed by atoms with van der Waals surface area (Å²) in [5, 5.41) is 47.9. The van der Waals surface area contributed by atoms with Crippen LogP contribution in [0.2, 0.25) is 0 Å². The van der Waals surface area contributed by atoms with E-state index < -0.39 is 57.5 Å². The van der Waals surface area contributed by atoms with Gasteiger partial charge in [-0.2, -0.15) is 0 Å². The number of amides is 1. The number of hydrogen-bond donors (Lipinski definition) is 7. The van der Waals surface area contributed by atoms with Crippen molar-refractivity contribution in [2.45, 2.75) is 22.3 Å². The van der Waals surface area contributed by atoms with Gasteiger partial charge in [0.05, 0.1) is 0 Å². The van der Waals surface area contributed by atoms with Gasteiger partial charge in [-0.15, -0.1) is 0 Å². The number of carbonyl (C=O) groups excluding carboxylic acids is 2. The van der Waals surface area contributed by atoms with Gasteiger partial charge in [-0.25, -0.2) is 23.4 Å². The number of nitrogens with one attached hydrogen (secondary N) is 1. The third kappa shape index (κ3) is 17.7. The monoisotopic (exact) mass is 1010 g/mol. The van der Waals surface area contributed by atoms with E-state index in [0.29, 0.717) is 49.7 Å². The largest absolute Gasteiger partial charge is 0.488 e. The lowest BCUT2D eigenvalue weighted by atomic mass is 9.80. The van der Waals surface area contributed by atoms with Crippen LogP contribution in [0, 0.1) is 0 Å². The van der Waals surface area contributed by atoms with Crippen LogP contribution in [0.15, 0.2) is 167 Å². The van der Waals surface area contributed by atoms with Gasteiger partial charge >= 0.3 is 37.1 Å². The Bertz CT molecular complexity index is 3080. The number of carbonyl (C=O) groups is 3. The van der Waals surface area contributed by atoms with Gasteiger partial charge in [-0.05, 0) is 83.2 Å². The van der Waals surface area contributed by atoms with Gasteiger partial charge in [0.25, 0.3) is 11.1 Å². The molecule has 8 rings (SSSR count). The summed E-state index contributed by atoms with van der Waals surface area (Å²) in [5.41, 5.74) is 5.26. The highest BCUT2D eigenvalue weighted by Crippen LogP contribution is 2.16. The Morgan fingerprint density at radius 1 is 0.544 bits per heavy atom. The number of aromatic carboxylic acids is 1. The van der Waals surface area contributed by atoms with Gasteiger partial charge < -0.3 is 49.5 Å². The zero-order valence-electron chi connectivity index (χ0n) is 32.9. The van der Waals surface area contributed by atoms with Crippen LogP contribution >= 0.6 is 33.0 Å². The second kappa shape index (κ2) is 28.3. The SMILES string of the molecule is C.C.C.Nc1cccc(B(O)O)c1.O=C(Cl)c1cc2ccccc2oc1=O.O=C(Nc1cccc(B(O)O)c1)c1cc2ccccc2oc1=O.O=C(O)c1cc2ccccc2oc1=O.O=S(Cl)Cl. The standard InChI is InChI=1S/C16H12BNO5.C10H5ClO3.C10H6O4.C6H8BNO2.3CH4.Cl2OS/c19-15(18-12-6-3-5-11(9-12)17(21)22)13-8-10-4-1-2-7-14(10)23-16(13)20;2*11-9(12)7-5-6-3-1-2-4-8(6)14-10(7)13;8-6-3-1-2-5(4-6)7(9)10;;;;1-4(2)3/h1-9,21-22H,(H,18,19);1-5H;1-5H,(H,11,12);1-4,9-10H,8H2;3*1H4;. The predicted molar refractivity (Wildman–Crippen MR) is 270 cm³/mol. The molecule has 0 aliphatic carbocycles. The maximum absolute atomic E-state index is 12.3. The van der Waals surface area contributed by atoms with Crippen molar-refractivity contribution < 1.29 is 57.0 Å². The van der Waals surface area contributed by atoms with E-state index in [9.17, 15) is 28.8 Å². The van der Waals surface area contributed by atoms with Crippen LogP contribution in [0.25, 0.3) is 32.9 Å². The quantitative estimate of drug-likeness (QED) is 0.0417. The van der Waals surface area contributed by atoms with Gasteiger partial charge in [0, 0.05) is 48.9 Å². The molecule has 0 spiro atoms. The number of hydrogen-bond acceptors (Lipinski definition) is 15. The van der Waals surface area contributed by atoms with E-state index in [4.69, 9.17) is 60.0 Å². The van der Waals surface area contributed by atoms with Crippen molar-refractivity contribution in [3.63, 3.8) is 0 Å². The summed E-state index contributed by atoms with van der Waals surface area (Å²) in [6, 6.07) is 37.3. The molecule has 1 amide bonds. The smallest absolute Gasteiger partial charge is 0.477 e. The van der Waals surface area contributed by atoms with E-state index in [1.807, 2.05) is 0 Å². The van der Waals surface area contributed by atoms with Crippen molar-refractivity contribution >= 4 is 129 Å². The molecule has 356 valence electrons. The molecule has 0 bridgehead atoms. The molecule has 0 saturated heterocycles. The van der Waals surface area contributed by atoms with E-state index in [0.717, 1.165) is 0 Å². The fourth-order valence-electron chi connectivity index (χ4n) is 5.33. The lowest BCUT2D eigenvalue weighted by molar-refractivity contribution is 0.0692. The molecule has 0 aliphatic rings. The summed E-state index contributed by atoms with van der Waals surface area (Å²) in [6.45, 7) is 0. The number of nitrogen functional groups attached to an aromatic ring is 1. The molecule has 0 radical (unpaired) electrons. The summed E-state index contributed by atoms with van der Waals surface area (Å²) >= 11 is 5.21. The first-order valence-corrected chi connectivity index (χ1v) is 21.3. The van der Waals surface area contributed by atoms with Gasteiger partial charge in [-0.3, -0.25) is 9.59 Å². The molecule has 0 aliphatic heterocycles. The molecule has 8 aromatic rings. The summed E-state index contributed by atoms with van der Waals surface area (Å²) in [7, 11) is 4.29. The number of rotatable bonds is 6. The van der Waals surface area contributed by atoms with Crippen LogP contribution in [0.1, 0.15) is 53.4 Å². The number of nitrogens with two attached hydrogens (primary N) is 1. The first-order chi connectivity index (χ1) is 30.8. The Balaban J connectivity index is 0.000000452. The van der Waals surface area contributed by atoms with E-state index in [1.165, 1.54) is 36.4 Å². The molecule has 0 atom stereocenters. The molecular formula is C45H43B2Cl3N2O15S. The second-order valence-electron chi connectivity index (χ2n) is 12.7. The third-order valence-electron chi connectivity index (χ3n) is 8.26. The molecule has 23 heteroatoms. The van der Waals surface area contributed by atoms with Crippen LogP contribution < -0.4 is 38.9 Å². The molecule has 8 N–H and O–H groups in total. The first-order valence-electron chi connectivity index (χ1n) is 18.1. The van der Waals surface area contributed by atoms with Gasteiger partial charge in [-0.1, -0.05) is 101 Å². The molecule has 17 nitrogen and oxygen atoms in total. The topological polar surface area (TPSA) is 298 Å². The Kier molecular flexibility index (Phi) is 24.6. The van der Waals surface area contributed by atoms with Crippen molar-refractivity contribution in [2.75, 3.05) is 11.1 Å². The Morgan fingerprint density at radius 2 is 0.912 bits per heavy atom. The molecule has 68 heavy (non-hydrogen) atoms. The van der Waals surface area contributed by atoms with Gasteiger partial charge in [0.2, 0.25) is 9.23 Å². The Labute approximate surface area is 404 Å². The van der Waals surface area contributed by atoms with Crippen LogP contribution in [0.4, 0.5) is 11.4 Å². The van der Waals surface area contributed by atoms with Gasteiger partial charge in [0.15, 0.2) is 0 Å². The summed E-state index contributed by atoms with van der Waals surface area (Å²) in [5.74, 6) is -1.90. The fraction of sp³-hybridized carbons (Fsp3) is 0.0667. The van der Waals surface area contributed by atoms with Crippen molar-refractivity contribution in [3.8, 4) is 0 Å². The first kappa shape index (κ1) is 59.1. The van der Waals surface area contributed by atoms with Crippen LogP contribution in [-0.2, 0) is 9.23 Å². The lowest BCUT2D eigenvalue weighted by Crippen LogP contribution is -2.30. The van der Waals surface area contributed by atoms with Crippen LogP contribution in [-0.4, -0.2) is 60.8 Å². The summed E-state index contributed by atoms with van der Waals surface area (Å²) < 4.78 is 23.9. The zero-order valence-corrected chi connectivity index (χ0v) is 36.0.